The molecule has 0 radical (unpaired) electrons. The molecule has 1 N–H and O–H groups in total. The van der Waals surface area contributed by atoms with Gasteiger partial charge in [0.15, 0.2) is 0 Å². The first kappa shape index (κ1) is 12.7. The lowest BCUT2D eigenvalue weighted by Crippen LogP contribution is -2.43. The molecule has 18 heavy (non-hydrogen) atoms. The van der Waals surface area contributed by atoms with Crippen molar-refractivity contribution in [1.29, 1.82) is 0 Å². The zero-order chi connectivity index (χ0) is 12.5. The molecule has 0 bridgehead atoms. The Balaban J connectivity index is 1.88. The molecule has 2 heterocycles. The number of rotatable bonds is 4. The topological polar surface area (TPSA) is 28.4 Å². The summed E-state index contributed by atoms with van der Waals surface area (Å²) in [4.78, 5) is 2.68. The lowest BCUT2D eigenvalue weighted by molar-refractivity contribution is 0.0683. The van der Waals surface area contributed by atoms with Crippen molar-refractivity contribution < 1.29 is 4.42 Å². The second-order valence-corrected chi connectivity index (χ2v) is 6.36. The molecule has 0 amide bonds. The molecule has 1 saturated carbocycles. The largest absolute Gasteiger partial charge is 0.466 e. The first-order chi connectivity index (χ1) is 8.81. The molecule has 100 valence electrons. The zero-order valence-corrected chi connectivity index (χ0v) is 12.4. The van der Waals surface area contributed by atoms with E-state index in [0.717, 1.165) is 22.8 Å². The second-order valence-electron chi connectivity index (χ2n) is 5.51. The summed E-state index contributed by atoms with van der Waals surface area (Å²) in [5, 5.41) is 3.35. The maximum absolute atomic E-state index is 5.77. The summed E-state index contributed by atoms with van der Waals surface area (Å²) >= 11 is 3.64. The molecule has 0 aromatic carbocycles. The highest BCUT2D eigenvalue weighted by atomic mass is 79.9. The molecule has 1 aromatic heterocycles. The minimum atomic E-state index is 0.447. The fraction of sp³-hybridized carbons (Fsp3) is 0.714. The number of hydrogen-bond acceptors (Lipinski definition) is 3. The number of piperidine rings is 1. The molecule has 3 rings (SSSR count). The van der Waals surface area contributed by atoms with Gasteiger partial charge in [0.1, 0.15) is 5.76 Å². The van der Waals surface area contributed by atoms with E-state index >= 15 is 0 Å². The molecule has 4 heteroatoms. The van der Waals surface area contributed by atoms with Gasteiger partial charge in [0.25, 0.3) is 0 Å². The third-order valence-electron chi connectivity index (χ3n) is 4.19. The number of nitrogens with zero attached hydrogens (tertiary/aromatic N) is 1. The van der Waals surface area contributed by atoms with Gasteiger partial charge in [-0.1, -0.05) is 0 Å². The number of halogens is 1. The zero-order valence-electron chi connectivity index (χ0n) is 10.9. The standard InChI is InChI=1S/C14H21BrN2O/c1-16-9-10-3-2-7-17(11-4-5-11)13(10)14-12(15)6-8-18-14/h6,8,10-11,13,16H,2-5,7,9H2,1H3. The van der Waals surface area contributed by atoms with E-state index in [1.807, 2.05) is 13.1 Å². The molecule has 2 fully saturated rings. The van der Waals surface area contributed by atoms with Gasteiger partial charge in [0.2, 0.25) is 0 Å². The average molecular weight is 313 g/mol. The van der Waals surface area contributed by atoms with E-state index in [1.54, 1.807) is 6.26 Å². The molecule has 3 nitrogen and oxygen atoms in total. The van der Waals surface area contributed by atoms with Gasteiger partial charge in [0, 0.05) is 6.04 Å². The Bertz CT molecular complexity index is 400. The number of hydrogen-bond donors (Lipinski definition) is 1. The van der Waals surface area contributed by atoms with Crippen LogP contribution in [0.3, 0.4) is 0 Å². The van der Waals surface area contributed by atoms with Gasteiger partial charge in [0.05, 0.1) is 16.8 Å². The second kappa shape index (κ2) is 5.35. The predicted molar refractivity (Wildman–Crippen MR) is 75.5 cm³/mol. The molecule has 2 unspecified atom stereocenters. The van der Waals surface area contributed by atoms with Gasteiger partial charge in [-0.15, -0.1) is 0 Å². The fourth-order valence-corrected chi connectivity index (χ4v) is 3.71. The first-order valence-electron chi connectivity index (χ1n) is 6.94. The van der Waals surface area contributed by atoms with Crippen molar-refractivity contribution in [2.75, 3.05) is 20.1 Å². The summed E-state index contributed by atoms with van der Waals surface area (Å²) in [5.41, 5.74) is 0. The van der Waals surface area contributed by atoms with Crippen LogP contribution in [-0.4, -0.2) is 31.1 Å². The van der Waals surface area contributed by atoms with Crippen LogP contribution in [-0.2, 0) is 0 Å². The quantitative estimate of drug-likeness (QED) is 0.925. The minimum Gasteiger partial charge on any atom is -0.466 e. The van der Waals surface area contributed by atoms with Crippen molar-refractivity contribution in [2.24, 2.45) is 5.92 Å². The molecular weight excluding hydrogens is 292 g/mol. The van der Waals surface area contributed by atoms with Gasteiger partial charge in [-0.25, -0.2) is 0 Å². The third kappa shape index (κ3) is 2.38. The lowest BCUT2D eigenvalue weighted by atomic mass is 9.87. The van der Waals surface area contributed by atoms with Gasteiger partial charge in [-0.3, -0.25) is 4.90 Å². The highest BCUT2D eigenvalue weighted by Crippen LogP contribution is 2.44. The van der Waals surface area contributed by atoms with Crippen LogP contribution in [0.1, 0.15) is 37.5 Å². The van der Waals surface area contributed by atoms with Gasteiger partial charge >= 0.3 is 0 Å². The van der Waals surface area contributed by atoms with Crippen LogP contribution in [0.2, 0.25) is 0 Å². The van der Waals surface area contributed by atoms with Crippen molar-refractivity contribution in [2.45, 2.75) is 37.8 Å². The third-order valence-corrected chi connectivity index (χ3v) is 4.85. The summed E-state index contributed by atoms with van der Waals surface area (Å²) in [7, 11) is 2.05. The van der Waals surface area contributed by atoms with E-state index in [2.05, 4.69) is 26.1 Å². The summed E-state index contributed by atoms with van der Waals surface area (Å²) in [6.07, 6.45) is 7.14. The van der Waals surface area contributed by atoms with Crippen LogP contribution in [0, 0.1) is 5.92 Å². The normalized spacial score (nSPS) is 29.7. The van der Waals surface area contributed by atoms with Crippen LogP contribution < -0.4 is 5.32 Å². The Hall–Kier alpha value is -0.320. The van der Waals surface area contributed by atoms with E-state index in [0.29, 0.717) is 12.0 Å². The van der Waals surface area contributed by atoms with Crippen LogP contribution in [0.4, 0.5) is 0 Å². The van der Waals surface area contributed by atoms with Gasteiger partial charge < -0.3 is 9.73 Å². The van der Waals surface area contributed by atoms with Crippen LogP contribution in [0.25, 0.3) is 0 Å². The summed E-state index contributed by atoms with van der Waals surface area (Å²) in [6, 6.07) is 3.26. The maximum Gasteiger partial charge on any atom is 0.135 e. The Morgan fingerprint density at radius 2 is 2.28 bits per heavy atom. The van der Waals surface area contributed by atoms with E-state index < -0.39 is 0 Å². The average Bonchev–Trinajstić information content (AvgIpc) is 3.13. The smallest absolute Gasteiger partial charge is 0.135 e. The van der Waals surface area contributed by atoms with E-state index in [1.165, 1.54) is 32.2 Å². The summed E-state index contributed by atoms with van der Waals surface area (Å²) in [5.74, 6) is 1.79. The van der Waals surface area contributed by atoms with Crippen molar-refractivity contribution in [3.05, 3.63) is 22.6 Å². The van der Waals surface area contributed by atoms with E-state index in [9.17, 15) is 0 Å². The van der Waals surface area contributed by atoms with Crippen LogP contribution in [0.5, 0.6) is 0 Å². The molecule has 1 aromatic rings. The monoisotopic (exact) mass is 312 g/mol. The molecule has 1 saturated heterocycles. The predicted octanol–water partition coefficient (Wildman–Crippen LogP) is 3.18. The van der Waals surface area contributed by atoms with Gasteiger partial charge in [-0.2, -0.15) is 0 Å². The highest BCUT2D eigenvalue weighted by molar-refractivity contribution is 9.10. The van der Waals surface area contributed by atoms with E-state index in [-0.39, 0.29) is 0 Å². The Morgan fingerprint density at radius 1 is 1.44 bits per heavy atom. The SMILES string of the molecule is CNCC1CCCN(C2CC2)C1c1occc1Br. The molecule has 2 atom stereocenters. The molecular formula is C14H21BrN2O. The van der Waals surface area contributed by atoms with E-state index in [4.69, 9.17) is 4.42 Å². The Kier molecular flexibility index (Phi) is 3.78. The minimum absolute atomic E-state index is 0.447. The lowest BCUT2D eigenvalue weighted by Gasteiger charge is -2.40. The molecule has 1 aliphatic carbocycles. The van der Waals surface area contributed by atoms with Crippen molar-refractivity contribution in [1.82, 2.24) is 10.2 Å². The number of nitrogens with one attached hydrogen (secondary N) is 1. The summed E-state index contributed by atoms with van der Waals surface area (Å²) < 4.78 is 6.90. The molecule has 2 aliphatic rings. The van der Waals surface area contributed by atoms with Crippen molar-refractivity contribution >= 4 is 15.9 Å². The Morgan fingerprint density at radius 3 is 2.89 bits per heavy atom. The van der Waals surface area contributed by atoms with Crippen molar-refractivity contribution in [3.8, 4) is 0 Å². The summed E-state index contributed by atoms with van der Waals surface area (Å²) in [6.45, 7) is 2.30. The highest BCUT2D eigenvalue weighted by Gasteiger charge is 2.42. The molecule has 1 aliphatic heterocycles. The Labute approximate surface area is 117 Å². The maximum atomic E-state index is 5.77. The van der Waals surface area contributed by atoms with Gasteiger partial charge in [-0.05, 0) is 73.7 Å². The first-order valence-corrected chi connectivity index (χ1v) is 7.73. The fourth-order valence-electron chi connectivity index (χ4n) is 3.28. The van der Waals surface area contributed by atoms with Crippen LogP contribution >= 0.6 is 15.9 Å². The van der Waals surface area contributed by atoms with Crippen LogP contribution in [0.15, 0.2) is 21.2 Å². The van der Waals surface area contributed by atoms with Crippen molar-refractivity contribution in [3.63, 3.8) is 0 Å². The number of likely N-dealkylation sites (tertiary alicyclic amines) is 1. The molecule has 0 spiro atoms. The number of furan rings is 1.